The van der Waals surface area contributed by atoms with Crippen LogP contribution in [-0.2, 0) is 12.6 Å². The summed E-state index contributed by atoms with van der Waals surface area (Å²) in [7, 11) is 0. The Morgan fingerprint density at radius 2 is 1.70 bits per heavy atom. The van der Waals surface area contributed by atoms with Crippen LogP contribution in [0.4, 0.5) is 18.9 Å². The van der Waals surface area contributed by atoms with E-state index in [9.17, 15) is 13.2 Å². The van der Waals surface area contributed by atoms with Crippen molar-refractivity contribution in [3.8, 4) is 0 Å². The van der Waals surface area contributed by atoms with Gasteiger partial charge in [-0.2, -0.15) is 13.2 Å². The summed E-state index contributed by atoms with van der Waals surface area (Å²) >= 11 is 5.90. The Balaban J connectivity index is 2.02. The first kappa shape index (κ1) is 14.7. The third kappa shape index (κ3) is 3.90. The van der Waals surface area contributed by atoms with Crippen molar-refractivity contribution in [1.82, 2.24) is 0 Å². The molecule has 0 bridgehead atoms. The maximum atomic E-state index is 12.6. The smallest absolute Gasteiger partial charge is 0.383 e. The zero-order chi connectivity index (χ0) is 14.6. The average Bonchev–Trinajstić information content (AvgIpc) is 2.41. The molecule has 0 heterocycles. The average molecular weight is 300 g/mol. The Morgan fingerprint density at radius 1 is 1.00 bits per heavy atom. The zero-order valence-electron chi connectivity index (χ0n) is 10.5. The summed E-state index contributed by atoms with van der Waals surface area (Å²) in [5.74, 6) is 0. The van der Waals surface area contributed by atoms with Crippen LogP contribution in [-0.4, -0.2) is 6.54 Å². The van der Waals surface area contributed by atoms with Crippen LogP contribution in [0.15, 0.2) is 48.5 Å². The molecule has 106 valence electrons. The minimum Gasteiger partial charge on any atom is -0.383 e. The molecule has 0 aliphatic heterocycles. The van der Waals surface area contributed by atoms with Gasteiger partial charge in [-0.25, -0.2) is 0 Å². The molecular formula is C15H13ClF3N. The molecule has 0 saturated carbocycles. The fourth-order valence-corrected chi connectivity index (χ4v) is 2.01. The topological polar surface area (TPSA) is 12.0 Å². The van der Waals surface area contributed by atoms with Crippen molar-refractivity contribution in [3.63, 3.8) is 0 Å². The summed E-state index contributed by atoms with van der Waals surface area (Å²) in [5, 5.41) is 3.23. The standard InChI is InChI=1S/C15H13ClF3N/c16-13-7-6-12(15(17,18)19)10-14(13)20-9-8-11-4-2-1-3-5-11/h1-7,10,20H,8-9H2. The highest BCUT2D eigenvalue weighted by Crippen LogP contribution is 2.33. The highest BCUT2D eigenvalue weighted by molar-refractivity contribution is 6.33. The Morgan fingerprint density at radius 3 is 2.35 bits per heavy atom. The monoisotopic (exact) mass is 299 g/mol. The van der Waals surface area contributed by atoms with Gasteiger partial charge in [0.25, 0.3) is 0 Å². The van der Waals surface area contributed by atoms with Gasteiger partial charge < -0.3 is 5.32 Å². The molecule has 0 amide bonds. The lowest BCUT2D eigenvalue weighted by Crippen LogP contribution is -2.09. The van der Waals surface area contributed by atoms with Gasteiger partial charge in [-0.1, -0.05) is 41.9 Å². The van der Waals surface area contributed by atoms with E-state index in [-0.39, 0.29) is 5.02 Å². The van der Waals surface area contributed by atoms with Gasteiger partial charge in [-0.3, -0.25) is 0 Å². The second-order valence-corrected chi connectivity index (χ2v) is 4.76. The highest BCUT2D eigenvalue weighted by Gasteiger charge is 2.30. The Labute approximate surface area is 120 Å². The minimum atomic E-state index is -4.36. The van der Waals surface area contributed by atoms with Crippen LogP contribution in [0.3, 0.4) is 0 Å². The van der Waals surface area contributed by atoms with Crippen LogP contribution in [0.2, 0.25) is 5.02 Å². The van der Waals surface area contributed by atoms with Crippen molar-refractivity contribution in [2.24, 2.45) is 0 Å². The van der Waals surface area contributed by atoms with Gasteiger partial charge in [-0.05, 0) is 30.2 Å². The van der Waals surface area contributed by atoms with Crippen molar-refractivity contribution in [1.29, 1.82) is 0 Å². The molecule has 1 N–H and O–H groups in total. The molecule has 0 unspecified atom stereocenters. The fraction of sp³-hybridized carbons (Fsp3) is 0.200. The van der Waals surface area contributed by atoms with Crippen molar-refractivity contribution in [3.05, 3.63) is 64.7 Å². The zero-order valence-corrected chi connectivity index (χ0v) is 11.3. The first-order valence-electron chi connectivity index (χ1n) is 6.11. The molecule has 2 aromatic carbocycles. The lowest BCUT2D eigenvalue weighted by molar-refractivity contribution is -0.137. The molecule has 0 atom stereocenters. The largest absolute Gasteiger partial charge is 0.416 e. The minimum absolute atomic E-state index is 0.283. The molecule has 0 aliphatic carbocycles. The van der Waals surface area contributed by atoms with E-state index in [1.807, 2.05) is 30.3 Å². The van der Waals surface area contributed by atoms with E-state index in [0.717, 1.165) is 17.7 Å². The Kier molecular flexibility index (Phi) is 4.55. The van der Waals surface area contributed by atoms with Crippen molar-refractivity contribution in [2.45, 2.75) is 12.6 Å². The van der Waals surface area contributed by atoms with Crippen LogP contribution in [0.1, 0.15) is 11.1 Å². The van der Waals surface area contributed by atoms with Gasteiger partial charge >= 0.3 is 6.18 Å². The number of nitrogens with one attached hydrogen (secondary N) is 1. The predicted octanol–water partition coefficient (Wildman–Crippen LogP) is 5.01. The summed E-state index contributed by atoms with van der Waals surface area (Å²) in [6.45, 7) is 0.519. The SMILES string of the molecule is FC(F)(F)c1ccc(Cl)c(NCCc2ccccc2)c1. The van der Waals surface area contributed by atoms with Crippen molar-refractivity contribution in [2.75, 3.05) is 11.9 Å². The molecule has 0 radical (unpaired) electrons. The fourth-order valence-electron chi connectivity index (χ4n) is 1.82. The van der Waals surface area contributed by atoms with Crippen LogP contribution in [0.5, 0.6) is 0 Å². The van der Waals surface area contributed by atoms with Gasteiger partial charge in [-0.15, -0.1) is 0 Å². The molecule has 0 aromatic heterocycles. The number of hydrogen-bond donors (Lipinski definition) is 1. The molecule has 0 spiro atoms. The lowest BCUT2D eigenvalue weighted by Gasteiger charge is -2.12. The second-order valence-electron chi connectivity index (χ2n) is 4.35. The second kappa shape index (κ2) is 6.18. The maximum absolute atomic E-state index is 12.6. The molecule has 2 rings (SSSR count). The van der Waals surface area contributed by atoms with E-state index < -0.39 is 11.7 Å². The molecular weight excluding hydrogens is 287 g/mol. The predicted molar refractivity (Wildman–Crippen MR) is 75.1 cm³/mol. The van der Waals surface area contributed by atoms with E-state index >= 15 is 0 Å². The van der Waals surface area contributed by atoms with Crippen LogP contribution in [0.25, 0.3) is 0 Å². The van der Waals surface area contributed by atoms with Crippen LogP contribution in [0, 0.1) is 0 Å². The quantitative estimate of drug-likeness (QED) is 0.836. The summed E-state index contributed by atoms with van der Waals surface area (Å²) in [6, 6.07) is 13.0. The van der Waals surface area contributed by atoms with Crippen molar-refractivity contribution >= 4 is 17.3 Å². The number of anilines is 1. The van der Waals surface area contributed by atoms with E-state index in [0.29, 0.717) is 18.7 Å². The summed E-state index contributed by atoms with van der Waals surface area (Å²) < 4.78 is 37.8. The first-order valence-corrected chi connectivity index (χ1v) is 6.49. The molecule has 5 heteroatoms. The van der Waals surface area contributed by atoms with Crippen LogP contribution < -0.4 is 5.32 Å². The number of halogens is 4. The molecule has 0 saturated heterocycles. The van der Waals surface area contributed by atoms with E-state index in [1.54, 1.807) is 0 Å². The summed E-state index contributed by atoms with van der Waals surface area (Å²) in [4.78, 5) is 0. The lowest BCUT2D eigenvalue weighted by atomic mass is 10.1. The van der Waals surface area contributed by atoms with Crippen LogP contribution >= 0.6 is 11.6 Å². The molecule has 0 fully saturated rings. The first-order chi connectivity index (χ1) is 9.47. The third-order valence-corrected chi connectivity index (χ3v) is 3.20. The normalized spacial score (nSPS) is 11.4. The summed E-state index contributed by atoms with van der Waals surface area (Å²) in [5.41, 5.74) is 0.713. The van der Waals surface area contributed by atoms with E-state index in [1.165, 1.54) is 6.07 Å². The molecule has 1 nitrogen and oxygen atoms in total. The number of rotatable bonds is 4. The molecule has 20 heavy (non-hydrogen) atoms. The van der Waals surface area contributed by atoms with Gasteiger partial charge in [0, 0.05) is 6.54 Å². The maximum Gasteiger partial charge on any atom is 0.416 e. The molecule has 0 aliphatic rings. The van der Waals surface area contributed by atoms with Gasteiger partial charge in [0.1, 0.15) is 0 Å². The Hall–Kier alpha value is -1.68. The van der Waals surface area contributed by atoms with Gasteiger partial charge in [0.05, 0.1) is 16.3 Å². The van der Waals surface area contributed by atoms with Crippen molar-refractivity contribution < 1.29 is 13.2 Å². The number of benzene rings is 2. The van der Waals surface area contributed by atoms with Gasteiger partial charge in [0.2, 0.25) is 0 Å². The van der Waals surface area contributed by atoms with E-state index in [2.05, 4.69) is 5.32 Å². The number of hydrogen-bond acceptors (Lipinski definition) is 1. The third-order valence-electron chi connectivity index (χ3n) is 2.87. The number of alkyl halides is 3. The van der Waals surface area contributed by atoms with E-state index in [4.69, 9.17) is 11.6 Å². The highest BCUT2D eigenvalue weighted by atomic mass is 35.5. The van der Waals surface area contributed by atoms with Gasteiger partial charge in [0.15, 0.2) is 0 Å². The Bertz CT molecular complexity index is 567. The molecule has 2 aromatic rings. The summed E-state index contributed by atoms with van der Waals surface area (Å²) in [6.07, 6.45) is -3.64.